The molecule has 2 amide bonds. The highest BCUT2D eigenvalue weighted by Gasteiger charge is 2.23. The van der Waals surface area contributed by atoms with Gasteiger partial charge < -0.3 is 37.5 Å². The molecule has 2 unspecified atom stereocenters. The summed E-state index contributed by atoms with van der Waals surface area (Å²) < 4.78 is 0. The van der Waals surface area contributed by atoms with Crippen molar-refractivity contribution < 1.29 is 14.4 Å². The lowest BCUT2D eigenvalue weighted by molar-refractivity contribution is -0.130. The number of nitrogens with two attached hydrogens (primary N) is 3. The Labute approximate surface area is 241 Å². The molecule has 3 aromatic rings. The van der Waals surface area contributed by atoms with Gasteiger partial charge in [0.05, 0.1) is 6.04 Å². The first-order valence-electron chi connectivity index (χ1n) is 13.4. The molecular formula is C30H42N6O3S. The largest absolute Gasteiger partial charge is 0.350 e. The van der Waals surface area contributed by atoms with Gasteiger partial charge in [-0.15, -0.1) is 0 Å². The minimum Gasteiger partial charge on any atom is -0.350 e. The van der Waals surface area contributed by atoms with E-state index < -0.39 is 18.0 Å². The SMILES string of the molecule is CN(CCN)CCN.NC(CC=O)C(=O)NC(CCc1ccccc1)C(=O)NCc1ccc(-c2ccsc2)cc1. The second-order valence-corrected chi connectivity index (χ2v) is 10.2. The minimum absolute atomic E-state index is 0.0880. The van der Waals surface area contributed by atoms with Crippen LogP contribution in [0.5, 0.6) is 0 Å². The zero-order chi connectivity index (χ0) is 29.2. The number of aldehydes is 1. The van der Waals surface area contributed by atoms with Crippen molar-refractivity contribution in [2.75, 3.05) is 33.2 Å². The number of likely N-dealkylation sites (N-methyl/N-ethyl adjacent to an activating group) is 1. The smallest absolute Gasteiger partial charge is 0.242 e. The molecule has 40 heavy (non-hydrogen) atoms. The van der Waals surface area contributed by atoms with Gasteiger partial charge in [0.15, 0.2) is 0 Å². The molecule has 1 heterocycles. The number of benzene rings is 2. The average Bonchev–Trinajstić information content (AvgIpc) is 3.51. The molecule has 0 aliphatic heterocycles. The van der Waals surface area contributed by atoms with Gasteiger partial charge in [0, 0.05) is 39.1 Å². The Balaban J connectivity index is 0.000000611. The van der Waals surface area contributed by atoms with Crippen molar-refractivity contribution in [2.45, 2.75) is 37.9 Å². The highest BCUT2D eigenvalue weighted by molar-refractivity contribution is 7.08. The Kier molecular flexibility index (Phi) is 15.4. The van der Waals surface area contributed by atoms with Gasteiger partial charge in [0.2, 0.25) is 11.8 Å². The molecule has 0 saturated heterocycles. The average molecular weight is 567 g/mol. The van der Waals surface area contributed by atoms with E-state index in [0.717, 1.165) is 42.9 Å². The van der Waals surface area contributed by atoms with Gasteiger partial charge in [-0.2, -0.15) is 11.3 Å². The first-order chi connectivity index (χ1) is 19.4. The Morgan fingerprint density at radius 3 is 2.17 bits per heavy atom. The van der Waals surface area contributed by atoms with Gasteiger partial charge >= 0.3 is 0 Å². The van der Waals surface area contributed by atoms with E-state index in [-0.39, 0.29) is 12.3 Å². The predicted molar refractivity (Wildman–Crippen MR) is 163 cm³/mol. The maximum absolute atomic E-state index is 12.9. The highest BCUT2D eigenvalue weighted by atomic mass is 32.1. The van der Waals surface area contributed by atoms with Crippen LogP contribution in [-0.2, 0) is 27.3 Å². The second kappa shape index (κ2) is 18.8. The molecule has 1 aromatic heterocycles. The first kappa shape index (κ1) is 32.8. The van der Waals surface area contributed by atoms with Gasteiger partial charge in [-0.05, 0) is 59.0 Å². The number of thiophene rings is 1. The van der Waals surface area contributed by atoms with Crippen molar-refractivity contribution in [3.8, 4) is 11.1 Å². The number of carbonyl (C=O) groups excluding carboxylic acids is 3. The molecule has 0 aliphatic carbocycles. The quantitative estimate of drug-likeness (QED) is 0.176. The van der Waals surface area contributed by atoms with Crippen LogP contribution in [0, 0.1) is 0 Å². The van der Waals surface area contributed by atoms with E-state index in [0.29, 0.717) is 25.7 Å². The number of hydrogen-bond acceptors (Lipinski definition) is 8. The third kappa shape index (κ3) is 12.2. The molecule has 0 spiro atoms. The molecule has 0 aliphatic rings. The highest BCUT2D eigenvalue weighted by Crippen LogP contribution is 2.22. The molecule has 9 nitrogen and oxygen atoms in total. The van der Waals surface area contributed by atoms with Gasteiger partial charge in [0.25, 0.3) is 0 Å². The summed E-state index contributed by atoms with van der Waals surface area (Å²) in [6.45, 7) is 3.67. The number of carbonyl (C=O) groups is 3. The Morgan fingerprint density at radius 2 is 1.60 bits per heavy atom. The minimum atomic E-state index is -0.968. The van der Waals surface area contributed by atoms with E-state index in [1.807, 2.05) is 67.0 Å². The van der Waals surface area contributed by atoms with E-state index in [2.05, 4.69) is 27.0 Å². The van der Waals surface area contributed by atoms with Crippen LogP contribution in [0.1, 0.15) is 24.0 Å². The maximum atomic E-state index is 12.9. The molecule has 0 bridgehead atoms. The van der Waals surface area contributed by atoms with E-state index in [9.17, 15) is 14.4 Å². The standard InChI is InChI=1S/C25H27N3O3S.C5H15N3/c26-22(12-14-29)24(30)28-23(11-8-18-4-2-1-3-5-18)25(31)27-16-19-6-9-20(10-7-19)21-13-15-32-17-21;1-8(4-2-6)5-3-7/h1-7,9-10,13-15,17,22-23H,8,11-12,16,26H2,(H,27,31)(H,28,30);2-7H2,1H3. The summed E-state index contributed by atoms with van der Waals surface area (Å²) in [6, 6.07) is 18.1. The lowest BCUT2D eigenvalue weighted by Crippen LogP contribution is -2.51. The van der Waals surface area contributed by atoms with Gasteiger partial charge in [-0.25, -0.2) is 0 Å². The lowest BCUT2D eigenvalue weighted by Gasteiger charge is -2.20. The zero-order valence-corrected chi connectivity index (χ0v) is 23.9. The van der Waals surface area contributed by atoms with Crippen molar-refractivity contribution in [1.29, 1.82) is 0 Å². The fourth-order valence-corrected chi connectivity index (χ4v) is 4.49. The third-order valence-electron chi connectivity index (χ3n) is 6.18. The fraction of sp³-hybridized carbons (Fsp3) is 0.367. The molecule has 0 saturated carbocycles. The molecule has 8 N–H and O–H groups in total. The number of amides is 2. The molecule has 2 atom stereocenters. The van der Waals surface area contributed by atoms with E-state index >= 15 is 0 Å². The second-order valence-electron chi connectivity index (χ2n) is 9.40. The fourth-order valence-electron chi connectivity index (χ4n) is 3.82. The first-order valence-corrected chi connectivity index (χ1v) is 14.3. The summed E-state index contributed by atoms with van der Waals surface area (Å²) in [7, 11) is 2.01. The summed E-state index contributed by atoms with van der Waals surface area (Å²) in [4.78, 5) is 38.0. The Morgan fingerprint density at radius 1 is 0.925 bits per heavy atom. The van der Waals surface area contributed by atoms with Crippen LogP contribution >= 0.6 is 11.3 Å². The number of nitrogens with zero attached hydrogens (tertiary/aromatic N) is 1. The molecular weight excluding hydrogens is 524 g/mol. The molecule has 0 fully saturated rings. The van der Waals surface area contributed by atoms with Crippen molar-refractivity contribution in [3.05, 3.63) is 82.6 Å². The normalized spacial score (nSPS) is 12.1. The Bertz CT molecular complexity index is 1120. The van der Waals surface area contributed by atoms with Gasteiger partial charge in [-0.3, -0.25) is 9.59 Å². The predicted octanol–water partition coefficient (Wildman–Crippen LogP) is 1.90. The topological polar surface area (TPSA) is 157 Å². The van der Waals surface area contributed by atoms with Crippen LogP contribution in [0.2, 0.25) is 0 Å². The van der Waals surface area contributed by atoms with Gasteiger partial charge in [-0.1, -0.05) is 54.6 Å². The van der Waals surface area contributed by atoms with Crippen LogP contribution in [-0.4, -0.2) is 68.3 Å². The summed E-state index contributed by atoms with van der Waals surface area (Å²) in [5.74, 6) is -0.792. The number of nitrogens with one attached hydrogen (secondary N) is 2. The summed E-state index contributed by atoms with van der Waals surface area (Å²) in [6.07, 6.45) is 1.56. The van der Waals surface area contributed by atoms with Crippen molar-refractivity contribution >= 4 is 29.4 Å². The number of rotatable bonds is 15. The lowest BCUT2D eigenvalue weighted by atomic mass is 10.0. The third-order valence-corrected chi connectivity index (χ3v) is 6.86. The van der Waals surface area contributed by atoms with E-state index in [4.69, 9.17) is 17.2 Å². The maximum Gasteiger partial charge on any atom is 0.242 e. The summed E-state index contributed by atoms with van der Waals surface area (Å²) in [5, 5.41) is 9.73. The van der Waals surface area contributed by atoms with Crippen LogP contribution in [0.4, 0.5) is 0 Å². The Hall–Kier alpha value is -3.41. The molecule has 216 valence electrons. The summed E-state index contributed by atoms with van der Waals surface area (Å²) >= 11 is 1.65. The van der Waals surface area contributed by atoms with Crippen LogP contribution in [0.25, 0.3) is 11.1 Å². The van der Waals surface area contributed by atoms with E-state index in [1.54, 1.807) is 11.3 Å². The molecule has 2 aromatic carbocycles. The van der Waals surface area contributed by atoms with Crippen LogP contribution < -0.4 is 27.8 Å². The number of aryl methyl sites for hydroxylation is 1. The van der Waals surface area contributed by atoms with Crippen LogP contribution in [0.3, 0.4) is 0 Å². The molecule has 3 rings (SSSR count). The summed E-state index contributed by atoms with van der Waals surface area (Å²) in [5.41, 5.74) is 20.6. The zero-order valence-electron chi connectivity index (χ0n) is 23.1. The number of hydrogen-bond donors (Lipinski definition) is 5. The van der Waals surface area contributed by atoms with E-state index in [1.165, 1.54) is 5.56 Å². The monoisotopic (exact) mass is 566 g/mol. The molecule has 10 heteroatoms. The van der Waals surface area contributed by atoms with Gasteiger partial charge in [0.1, 0.15) is 12.3 Å². The molecule has 0 radical (unpaired) electrons. The van der Waals surface area contributed by atoms with Crippen molar-refractivity contribution in [2.24, 2.45) is 17.2 Å². The van der Waals surface area contributed by atoms with Crippen molar-refractivity contribution in [3.63, 3.8) is 0 Å². The van der Waals surface area contributed by atoms with Crippen LogP contribution in [0.15, 0.2) is 71.4 Å². The van der Waals surface area contributed by atoms with Crippen molar-refractivity contribution in [1.82, 2.24) is 15.5 Å².